The first-order chi connectivity index (χ1) is 5.22. The summed E-state index contributed by atoms with van der Waals surface area (Å²) in [7, 11) is 0. The zero-order chi connectivity index (χ0) is 8.69. The highest BCUT2D eigenvalue weighted by Gasteiger charge is 1.95. The lowest BCUT2D eigenvalue weighted by Gasteiger charge is -1.93. The van der Waals surface area contributed by atoms with Crippen molar-refractivity contribution >= 4 is 0 Å². The number of allylic oxidation sites excluding steroid dienone is 3. The van der Waals surface area contributed by atoms with Crippen LogP contribution in [0.1, 0.15) is 0 Å². The Kier molecular flexibility index (Phi) is 5.29. The van der Waals surface area contributed by atoms with Gasteiger partial charge in [-0.25, -0.2) is 8.78 Å². The van der Waals surface area contributed by atoms with Crippen molar-refractivity contribution in [3.63, 3.8) is 0 Å². The van der Waals surface area contributed by atoms with Gasteiger partial charge >= 0.3 is 0 Å². The van der Waals surface area contributed by atoms with E-state index in [2.05, 4.69) is 6.58 Å². The Morgan fingerprint density at radius 1 is 1.55 bits per heavy atom. The first-order valence-electron chi connectivity index (χ1n) is 3.09. The Balaban J connectivity index is 4.00. The smallest absolute Gasteiger partial charge is 0.128 e. The van der Waals surface area contributed by atoms with E-state index in [1.54, 1.807) is 0 Å². The molecular weight excluding hydrogens is 150 g/mol. The van der Waals surface area contributed by atoms with Crippen molar-refractivity contribution in [3.8, 4) is 0 Å². The summed E-state index contributed by atoms with van der Waals surface area (Å²) in [6.45, 7) is 2.18. The molecule has 0 saturated carbocycles. The lowest BCUT2D eigenvalue weighted by atomic mass is 10.2. The molecule has 0 bridgehead atoms. The molecule has 0 unspecified atom stereocenters. The van der Waals surface area contributed by atoms with Crippen molar-refractivity contribution in [1.82, 2.24) is 0 Å². The van der Waals surface area contributed by atoms with Gasteiger partial charge < -0.3 is 5.11 Å². The van der Waals surface area contributed by atoms with Crippen LogP contribution in [0.2, 0.25) is 0 Å². The molecule has 0 aliphatic heterocycles. The van der Waals surface area contributed by atoms with E-state index in [1.807, 2.05) is 0 Å². The molecule has 1 N–H and O–H groups in total. The lowest BCUT2D eigenvalue weighted by molar-refractivity contribution is 0.328. The van der Waals surface area contributed by atoms with Crippen LogP contribution in [0.25, 0.3) is 0 Å². The van der Waals surface area contributed by atoms with Crippen molar-refractivity contribution in [2.24, 2.45) is 0 Å². The molecule has 0 atom stereocenters. The van der Waals surface area contributed by atoms with E-state index in [0.29, 0.717) is 0 Å². The van der Waals surface area contributed by atoms with Crippen LogP contribution in [0.15, 0.2) is 36.2 Å². The molecule has 0 aromatic heterocycles. The van der Waals surface area contributed by atoms with Crippen molar-refractivity contribution < 1.29 is 13.9 Å². The van der Waals surface area contributed by atoms with Crippen molar-refractivity contribution in [3.05, 3.63) is 36.2 Å². The van der Waals surface area contributed by atoms with Crippen LogP contribution in [0.3, 0.4) is 0 Å². The summed E-state index contributed by atoms with van der Waals surface area (Å²) in [5.74, 6) is -0.628. The highest BCUT2D eigenvalue weighted by atomic mass is 19.1. The van der Waals surface area contributed by atoms with Gasteiger partial charge in [0.1, 0.15) is 12.5 Å². The predicted octanol–water partition coefficient (Wildman–Crippen LogP) is 1.91. The third-order valence-electron chi connectivity index (χ3n) is 0.996. The van der Waals surface area contributed by atoms with Crippen LogP contribution >= 0.6 is 0 Å². The van der Waals surface area contributed by atoms with Gasteiger partial charge in [-0.2, -0.15) is 0 Å². The number of aliphatic hydroxyl groups excluding tert-OH is 1. The Labute approximate surface area is 64.4 Å². The van der Waals surface area contributed by atoms with Gasteiger partial charge in [0.2, 0.25) is 0 Å². The van der Waals surface area contributed by atoms with Crippen LogP contribution in [0.5, 0.6) is 0 Å². The molecule has 0 fully saturated rings. The fourth-order valence-corrected chi connectivity index (χ4v) is 0.397. The molecule has 0 aliphatic rings. The number of rotatable bonds is 4. The monoisotopic (exact) mass is 160 g/mol. The van der Waals surface area contributed by atoms with E-state index in [9.17, 15) is 8.78 Å². The van der Waals surface area contributed by atoms with Crippen LogP contribution in [0, 0.1) is 0 Å². The Morgan fingerprint density at radius 3 is 2.64 bits per heavy atom. The summed E-state index contributed by atoms with van der Waals surface area (Å²) in [6.07, 6.45) is 3.44. The van der Waals surface area contributed by atoms with Gasteiger partial charge in [-0.15, -0.1) is 0 Å². The maximum absolute atomic E-state index is 12.5. The van der Waals surface area contributed by atoms with E-state index in [0.717, 1.165) is 12.2 Å². The largest absolute Gasteiger partial charge is 0.392 e. The molecule has 0 saturated heterocycles. The number of hydrogen-bond donors (Lipinski definition) is 1. The number of alkyl halides is 1. The number of hydrogen-bond acceptors (Lipinski definition) is 1. The summed E-state index contributed by atoms with van der Waals surface area (Å²) >= 11 is 0. The molecule has 0 spiro atoms. The van der Waals surface area contributed by atoms with Crippen LogP contribution in [0.4, 0.5) is 8.78 Å². The highest BCUT2D eigenvalue weighted by Crippen LogP contribution is 2.07. The zero-order valence-corrected chi connectivity index (χ0v) is 6.06. The van der Waals surface area contributed by atoms with Gasteiger partial charge in [-0.3, -0.25) is 0 Å². The van der Waals surface area contributed by atoms with Gasteiger partial charge in [0.15, 0.2) is 0 Å². The first kappa shape index (κ1) is 10.0. The standard InChI is InChI=1S/C8H10F2O/c1-7(6-11)8(10)4-2-3-5-9/h2-4,11H,1,5-6H2/b3-2-,8-4+. The van der Waals surface area contributed by atoms with Crippen LogP contribution < -0.4 is 0 Å². The average molecular weight is 160 g/mol. The molecule has 0 radical (unpaired) electrons. The zero-order valence-electron chi connectivity index (χ0n) is 6.06. The topological polar surface area (TPSA) is 20.2 Å². The molecule has 1 nitrogen and oxygen atoms in total. The second kappa shape index (κ2) is 5.80. The van der Waals surface area contributed by atoms with Gasteiger partial charge in [-0.1, -0.05) is 18.7 Å². The van der Waals surface area contributed by atoms with E-state index in [-0.39, 0.29) is 5.57 Å². The third kappa shape index (κ3) is 4.44. The Morgan fingerprint density at radius 2 is 2.18 bits per heavy atom. The van der Waals surface area contributed by atoms with E-state index >= 15 is 0 Å². The predicted molar refractivity (Wildman–Crippen MR) is 40.5 cm³/mol. The molecule has 0 heterocycles. The summed E-state index contributed by atoms with van der Waals surface area (Å²) in [6, 6.07) is 0. The van der Waals surface area contributed by atoms with E-state index in [4.69, 9.17) is 5.11 Å². The van der Waals surface area contributed by atoms with Crippen molar-refractivity contribution in [1.29, 1.82) is 0 Å². The van der Waals surface area contributed by atoms with Crippen LogP contribution in [-0.2, 0) is 0 Å². The third-order valence-corrected chi connectivity index (χ3v) is 0.996. The average Bonchev–Trinajstić information content (AvgIpc) is 2.03. The summed E-state index contributed by atoms with van der Waals surface area (Å²) in [5.41, 5.74) is -0.00601. The van der Waals surface area contributed by atoms with E-state index in [1.165, 1.54) is 6.08 Å². The van der Waals surface area contributed by atoms with E-state index < -0.39 is 19.1 Å². The van der Waals surface area contributed by atoms with Gasteiger partial charge in [0.05, 0.1) is 6.61 Å². The SMILES string of the molecule is C=C(CO)/C(F)=C\C=C/CF. The Bertz CT molecular complexity index is 183. The number of aliphatic hydroxyl groups is 1. The molecule has 3 heteroatoms. The summed E-state index contributed by atoms with van der Waals surface area (Å²) < 4.78 is 24.0. The number of halogens is 2. The quantitative estimate of drug-likeness (QED) is 0.623. The lowest BCUT2D eigenvalue weighted by Crippen LogP contribution is -1.87. The van der Waals surface area contributed by atoms with Crippen LogP contribution in [-0.4, -0.2) is 18.4 Å². The van der Waals surface area contributed by atoms with Gasteiger partial charge in [0.25, 0.3) is 0 Å². The molecule has 0 rings (SSSR count). The van der Waals surface area contributed by atoms with Crippen molar-refractivity contribution in [2.75, 3.05) is 13.3 Å². The normalized spacial score (nSPS) is 12.5. The summed E-state index contributed by atoms with van der Waals surface area (Å²) in [5, 5.41) is 8.38. The molecule has 0 aliphatic carbocycles. The fraction of sp³-hybridized carbons (Fsp3) is 0.250. The Hall–Kier alpha value is -0.960. The molecular formula is C8H10F2O. The minimum Gasteiger partial charge on any atom is -0.392 e. The molecule has 62 valence electrons. The van der Waals surface area contributed by atoms with Crippen molar-refractivity contribution in [2.45, 2.75) is 0 Å². The molecule has 0 aromatic carbocycles. The highest BCUT2D eigenvalue weighted by molar-refractivity contribution is 5.25. The molecule has 0 aromatic rings. The first-order valence-corrected chi connectivity index (χ1v) is 3.09. The molecule has 0 amide bonds. The maximum atomic E-state index is 12.5. The molecule has 11 heavy (non-hydrogen) atoms. The fourth-order valence-electron chi connectivity index (χ4n) is 0.397. The minimum atomic E-state index is -0.630. The second-order valence-corrected chi connectivity index (χ2v) is 1.86. The van der Waals surface area contributed by atoms with Gasteiger partial charge in [-0.05, 0) is 6.08 Å². The van der Waals surface area contributed by atoms with Gasteiger partial charge in [0, 0.05) is 5.57 Å². The maximum Gasteiger partial charge on any atom is 0.128 e. The minimum absolute atomic E-state index is 0.00601. The second-order valence-electron chi connectivity index (χ2n) is 1.86. The summed E-state index contributed by atoms with van der Waals surface area (Å²) in [4.78, 5) is 0.